The van der Waals surface area contributed by atoms with Crippen molar-refractivity contribution in [2.45, 2.75) is 26.2 Å². The van der Waals surface area contributed by atoms with Crippen molar-refractivity contribution < 1.29 is 23.9 Å². The monoisotopic (exact) mass is 361 g/mol. The van der Waals surface area contributed by atoms with Crippen LogP contribution in [0.1, 0.15) is 25.6 Å². The van der Waals surface area contributed by atoms with Crippen molar-refractivity contribution in [3.63, 3.8) is 0 Å². The molecule has 0 unspecified atom stereocenters. The Morgan fingerprint density at radius 1 is 1.19 bits per heavy atom. The SMILES string of the molecule is CCOC(=O)NC(=O)COC(=O)CCCc1nc2ccccc2c(=O)[nH]1. The third kappa shape index (κ3) is 5.69. The second-order valence-electron chi connectivity index (χ2n) is 5.31. The smallest absolute Gasteiger partial charge is 0.413 e. The Bertz CT molecular complexity index is 861. The lowest BCUT2D eigenvalue weighted by atomic mass is 10.2. The molecule has 0 saturated carbocycles. The van der Waals surface area contributed by atoms with Crippen LogP contribution in [0, 0.1) is 0 Å². The summed E-state index contributed by atoms with van der Waals surface area (Å²) in [5.41, 5.74) is 0.355. The number of H-pyrrole nitrogens is 1. The van der Waals surface area contributed by atoms with E-state index in [0.29, 0.717) is 29.6 Å². The number of hydrogen-bond donors (Lipinski definition) is 2. The summed E-state index contributed by atoms with van der Waals surface area (Å²) in [7, 11) is 0. The van der Waals surface area contributed by atoms with E-state index in [4.69, 9.17) is 4.74 Å². The third-order valence-electron chi connectivity index (χ3n) is 3.34. The summed E-state index contributed by atoms with van der Waals surface area (Å²) in [5.74, 6) is -0.883. The molecule has 0 spiro atoms. The molecule has 0 saturated heterocycles. The van der Waals surface area contributed by atoms with Crippen LogP contribution < -0.4 is 10.9 Å². The van der Waals surface area contributed by atoms with Gasteiger partial charge in [0.05, 0.1) is 17.5 Å². The number of rotatable bonds is 7. The van der Waals surface area contributed by atoms with Gasteiger partial charge in [0.1, 0.15) is 5.82 Å². The number of para-hydroxylation sites is 1. The second-order valence-corrected chi connectivity index (χ2v) is 5.31. The van der Waals surface area contributed by atoms with Crippen LogP contribution >= 0.6 is 0 Å². The van der Waals surface area contributed by atoms with Crippen LogP contribution in [0.2, 0.25) is 0 Å². The van der Waals surface area contributed by atoms with Gasteiger partial charge < -0.3 is 14.5 Å². The van der Waals surface area contributed by atoms with Gasteiger partial charge in [-0.25, -0.2) is 9.78 Å². The lowest BCUT2D eigenvalue weighted by Crippen LogP contribution is -2.34. The summed E-state index contributed by atoms with van der Waals surface area (Å²) < 4.78 is 9.29. The Balaban J connectivity index is 1.75. The average Bonchev–Trinajstić information content (AvgIpc) is 2.60. The minimum Gasteiger partial charge on any atom is -0.456 e. The number of nitrogens with zero attached hydrogens (tertiary/aromatic N) is 1. The quantitative estimate of drug-likeness (QED) is 0.706. The normalized spacial score (nSPS) is 10.3. The second kappa shape index (κ2) is 9.30. The number of carbonyl (C=O) groups excluding carboxylic acids is 3. The summed E-state index contributed by atoms with van der Waals surface area (Å²) >= 11 is 0. The molecule has 0 aliphatic heterocycles. The summed E-state index contributed by atoms with van der Waals surface area (Å²) in [6.45, 7) is 1.16. The number of aromatic nitrogens is 2. The molecule has 0 aliphatic carbocycles. The summed E-state index contributed by atoms with van der Waals surface area (Å²) in [5, 5.41) is 2.42. The van der Waals surface area contributed by atoms with Crippen LogP contribution in [0.15, 0.2) is 29.1 Å². The van der Waals surface area contributed by atoms with Crippen LogP contribution in [-0.2, 0) is 25.5 Å². The lowest BCUT2D eigenvalue weighted by molar-refractivity contribution is -0.148. The first-order valence-corrected chi connectivity index (χ1v) is 8.09. The predicted octanol–water partition coefficient (Wildman–Crippen LogP) is 1.06. The summed E-state index contributed by atoms with van der Waals surface area (Å²) in [4.78, 5) is 52.9. The number of aryl methyl sites for hydroxylation is 1. The zero-order valence-electron chi connectivity index (χ0n) is 14.2. The van der Waals surface area contributed by atoms with Gasteiger partial charge >= 0.3 is 12.1 Å². The first-order chi connectivity index (χ1) is 12.5. The van der Waals surface area contributed by atoms with E-state index in [-0.39, 0.29) is 18.6 Å². The fourth-order valence-corrected chi connectivity index (χ4v) is 2.19. The molecule has 1 heterocycles. The molecule has 2 rings (SSSR count). The first kappa shape index (κ1) is 19.1. The maximum absolute atomic E-state index is 11.9. The number of aromatic amines is 1. The van der Waals surface area contributed by atoms with Gasteiger partial charge in [-0.2, -0.15) is 0 Å². The summed E-state index contributed by atoms with van der Waals surface area (Å²) in [6.07, 6.45) is -0.0765. The van der Waals surface area contributed by atoms with Gasteiger partial charge in [-0.1, -0.05) is 12.1 Å². The van der Waals surface area contributed by atoms with Crippen LogP contribution in [-0.4, -0.2) is 41.2 Å². The van der Waals surface area contributed by atoms with Gasteiger partial charge in [0.25, 0.3) is 11.5 Å². The summed E-state index contributed by atoms with van der Waals surface area (Å²) in [6, 6.07) is 6.97. The highest BCUT2D eigenvalue weighted by Crippen LogP contribution is 2.07. The molecule has 0 bridgehead atoms. The standard InChI is InChI=1S/C17H19N3O6/c1-2-25-17(24)20-14(21)10-26-15(22)9-5-8-13-18-12-7-4-3-6-11(12)16(23)19-13/h3-4,6-7H,2,5,8-10H2,1H3,(H,18,19,23)(H,20,21,24). The molecule has 1 aromatic carbocycles. The van der Waals surface area contributed by atoms with Crippen LogP contribution in [0.5, 0.6) is 0 Å². The van der Waals surface area contributed by atoms with Gasteiger partial charge in [0, 0.05) is 12.8 Å². The Morgan fingerprint density at radius 3 is 2.73 bits per heavy atom. The van der Waals surface area contributed by atoms with E-state index in [1.165, 1.54) is 0 Å². The zero-order chi connectivity index (χ0) is 18.9. The molecule has 9 heteroatoms. The number of hydrogen-bond acceptors (Lipinski definition) is 7. The molecule has 2 N–H and O–H groups in total. The van der Waals surface area contributed by atoms with E-state index in [1.807, 2.05) is 5.32 Å². The average molecular weight is 361 g/mol. The van der Waals surface area contributed by atoms with E-state index in [2.05, 4.69) is 14.7 Å². The molecule has 2 aromatic rings. The van der Waals surface area contributed by atoms with Gasteiger partial charge in [-0.05, 0) is 25.5 Å². The number of fused-ring (bicyclic) bond motifs is 1. The van der Waals surface area contributed by atoms with Gasteiger partial charge in [0.15, 0.2) is 6.61 Å². The van der Waals surface area contributed by atoms with Crippen LogP contribution in [0.25, 0.3) is 10.9 Å². The van der Waals surface area contributed by atoms with E-state index in [0.717, 1.165) is 0 Å². The van der Waals surface area contributed by atoms with Crippen molar-refractivity contribution >= 4 is 28.9 Å². The van der Waals surface area contributed by atoms with E-state index in [1.54, 1.807) is 31.2 Å². The van der Waals surface area contributed by atoms with Crippen molar-refractivity contribution in [1.29, 1.82) is 0 Å². The van der Waals surface area contributed by atoms with Gasteiger partial charge in [0.2, 0.25) is 0 Å². The van der Waals surface area contributed by atoms with Crippen molar-refractivity contribution in [1.82, 2.24) is 15.3 Å². The number of imide groups is 1. The molecule has 0 fully saturated rings. The molecule has 0 atom stereocenters. The maximum atomic E-state index is 11.9. The number of alkyl carbamates (subject to hydrolysis) is 1. The number of carbonyl (C=O) groups is 3. The molecule has 26 heavy (non-hydrogen) atoms. The largest absolute Gasteiger partial charge is 0.456 e. The van der Waals surface area contributed by atoms with E-state index < -0.39 is 24.6 Å². The molecule has 1 aromatic heterocycles. The van der Waals surface area contributed by atoms with Crippen molar-refractivity contribution in [2.24, 2.45) is 0 Å². The van der Waals surface area contributed by atoms with Crippen LogP contribution in [0.3, 0.4) is 0 Å². The van der Waals surface area contributed by atoms with Gasteiger partial charge in [-0.15, -0.1) is 0 Å². The van der Waals surface area contributed by atoms with Crippen molar-refractivity contribution in [3.8, 4) is 0 Å². The lowest BCUT2D eigenvalue weighted by Gasteiger charge is -2.06. The number of benzene rings is 1. The number of esters is 1. The number of amides is 2. The highest BCUT2D eigenvalue weighted by atomic mass is 16.6. The fraction of sp³-hybridized carbons (Fsp3) is 0.353. The molecular weight excluding hydrogens is 342 g/mol. The Labute approximate surface area is 148 Å². The first-order valence-electron chi connectivity index (χ1n) is 8.09. The molecule has 2 amide bonds. The molecule has 0 radical (unpaired) electrons. The Hall–Kier alpha value is -3.23. The highest BCUT2D eigenvalue weighted by Gasteiger charge is 2.11. The third-order valence-corrected chi connectivity index (χ3v) is 3.34. The fourth-order valence-electron chi connectivity index (χ4n) is 2.19. The van der Waals surface area contributed by atoms with Crippen LogP contribution in [0.4, 0.5) is 4.79 Å². The zero-order valence-corrected chi connectivity index (χ0v) is 14.2. The molecular formula is C17H19N3O6. The van der Waals surface area contributed by atoms with Crippen molar-refractivity contribution in [3.05, 3.63) is 40.4 Å². The number of nitrogens with one attached hydrogen (secondary N) is 2. The van der Waals surface area contributed by atoms with Crippen molar-refractivity contribution in [2.75, 3.05) is 13.2 Å². The minimum absolute atomic E-state index is 0.0449. The van der Waals surface area contributed by atoms with E-state index >= 15 is 0 Å². The molecule has 138 valence electrons. The number of ether oxygens (including phenoxy) is 2. The highest BCUT2D eigenvalue weighted by molar-refractivity contribution is 5.93. The predicted molar refractivity (Wildman–Crippen MR) is 91.4 cm³/mol. The Morgan fingerprint density at radius 2 is 1.96 bits per heavy atom. The molecule has 0 aliphatic rings. The maximum Gasteiger partial charge on any atom is 0.413 e. The minimum atomic E-state index is -0.889. The topological polar surface area (TPSA) is 127 Å². The van der Waals surface area contributed by atoms with Gasteiger partial charge in [-0.3, -0.25) is 19.7 Å². The molecule has 9 nitrogen and oxygen atoms in total. The Kier molecular flexibility index (Phi) is 6.84. The van der Waals surface area contributed by atoms with E-state index in [9.17, 15) is 19.2 Å².